The Hall–Kier alpha value is -1.30. The SMILES string of the molecule is COCC(C)NC(=O)NC(C)C(C)C(=O)O. The maximum atomic E-state index is 11.4. The Morgan fingerprint density at radius 2 is 1.81 bits per heavy atom. The summed E-state index contributed by atoms with van der Waals surface area (Å²) in [6.07, 6.45) is 0. The molecule has 16 heavy (non-hydrogen) atoms. The zero-order valence-corrected chi connectivity index (χ0v) is 10.1. The predicted octanol–water partition coefficient (Wildman–Crippen LogP) is 0.430. The molecule has 0 saturated heterocycles. The fourth-order valence-electron chi connectivity index (χ4n) is 1.10. The molecule has 0 aliphatic heterocycles. The number of hydrogen-bond donors (Lipinski definition) is 3. The van der Waals surface area contributed by atoms with Gasteiger partial charge in [-0.25, -0.2) is 4.79 Å². The molecule has 6 heteroatoms. The monoisotopic (exact) mass is 232 g/mol. The van der Waals surface area contributed by atoms with Crippen molar-refractivity contribution in [1.82, 2.24) is 10.6 Å². The van der Waals surface area contributed by atoms with Crippen LogP contribution in [-0.4, -0.2) is 42.9 Å². The summed E-state index contributed by atoms with van der Waals surface area (Å²) in [5.41, 5.74) is 0. The van der Waals surface area contributed by atoms with Crippen LogP contribution in [0.5, 0.6) is 0 Å². The maximum absolute atomic E-state index is 11.4. The first-order valence-corrected chi connectivity index (χ1v) is 5.17. The van der Waals surface area contributed by atoms with E-state index in [9.17, 15) is 9.59 Å². The van der Waals surface area contributed by atoms with Crippen LogP contribution in [0.2, 0.25) is 0 Å². The zero-order chi connectivity index (χ0) is 12.7. The molecule has 3 atom stereocenters. The molecule has 0 spiro atoms. The van der Waals surface area contributed by atoms with Gasteiger partial charge in [0.05, 0.1) is 18.6 Å². The van der Waals surface area contributed by atoms with Gasteiger partial charge in [0.25, 0.3) is 0 Å². The first-order valence-electron chi connectivity index (χ1n) is 5.17. The van der Waals surface area contributed by atoms with Crippen molar-refractivity contribution in [2.75, 3.05) is 13.7 Å². The number of hydrogen-bond acceptors (Lipinski definition) is 3. The van der Waals surface area contributed by atoms with Crippen LogP contribution in [0.4, 0.5) is 4.79 Å². The van der Waals surface area contributed by atoms with Crippen LogP contribution < -0.4 is 10.6 Å². The van der Waals surface area contributed by atoms with E-state index in [-0.39, 0.29) is 12.1 Å². The minimum absolute atomic E-state index is 0.114. The second-order valence-corrected chi connectivity index (χ2v) is 3.89. The number of nitrogens with one attached hydrogen (secondary N) is 2. The third-order valence-corrected chi connectivity index (χ3v) is 2.29. The Balaban J connectivity index is 4.00. The van der Waals surface area contributed by atoms with Crippen molar-refractivity contribution in [3.8, 4) is 0 Å². The molecule has 0 saturated carbocycles. The summed E-state index contributed by atoms with van der Waals surface area (Å²) in [6.45, 7) is 5.41. The summed E-state index contributed by atoms with van der Waals surface area (Å²) in [5, 5.41) is 13.9. The molecule has 0 rings (SSSR count). The number of methoxy groups -OCH3 is 1. The lowest BCUT2D eigenvalue weighted by molar-refractivity contribution is -0.141. The van der Waals surface area contributed by atoms with Crippen molar-refractivity contribution in [3.63, 3.8) is 0 Å². The minimum Gasteiger partial charge on any atom is -0.481 e. The fraction of sp³-hybridized carbons (Fsp3) is 0.800. The normalized spacial score (nSPS) is 16.0. The van der Waals surface area contributed by atoms with Gasteiger partial charge in [-0.05, 0) is 20.8 Å². The molecule has 0 aromatic rings. The van der Waals surface area contributed by atoms with E-state index in [1.165, 1.54) is 0 Å². The topological polar surface area (TPSA) is 87.7 Å². The van der Waals surface area contributed by atoms with E-state index in [2.05, 4.69) is 10.6 Å². The Labute approximate surface area is 95.4 Å². The lowest BCUT2D eigenvalue weighted by Crippen LogP contribution is -2.48. The van der Waals surface area contributed by atoms with E-state index in [0.717, 1.165) is 0 Å². The van der Waals surface area contributed by atoms with Crippen molar-refractivity contribution >= 4 is 12.0 Å². The third kappa shape index (κ3) is 5.55. The number of ether oxygens (including phenoxy) is 1. The van der Waals surface area contributed by atoms with Crippen LogP contribution >= 0.6 is 0 Å². The second-order valence-electron chi connectivity index (χ2n) is 3.89. The molecule has 3 N–H and O–H groups in total. The van der Waals surface area contributed by atoms with Crippen molar-refractivity contribution in [2.45, 2.75) is 32.9 Å². The highest BCUT2D eigenvalue weighted by Crippen LogP contribution is 2.01. The van der Waals surface area contributed by atoms with Crippen LogP contribution in [0, 0.1) is 5.92 Å². The van der Waals surface area contributed by atoms with E-state index in [0.29, 0.717) is 6.61 Å². The first kappa shape index (κ1) is 14.7. The van der Waals surface area contributed by atoms with Gasteiger partial charge in [-0.1, -0.05) is 0 Å². The summed E-state index contributed by atoms with van der Waals surface area (Å²) >= 11 is 0. The van der Waals surface area contributed by atoms with E-state index in [4.69, 9.17) is 9.84 Å². The number of rotatable bonds is 6. The summed E-state index contributed by atoms with van der Waals surface area (Å²) in [4.78, 5) is 22.1. The van der Waals surface area contributed by atoms with Gasteiger partial charge in [0, 0.05) is 13.2 Å². The Kier molecular flexibility index (Phi) is 6.48. The molecular weight excluding hydrogens is 212 g/mol. The molecule has 0 radical (unpaired) electrons. The number of urea groups is 1. The van der Waals surface area contributed by atoms with Crippen molar-refractivity contribution in [2.24, 2.45) is 5.92 Å². The number of amides is 2. The van der Waals surface area contributed by atoms with Gasteiger partial charge >= 0.3 is 12.0 Å². The average molecular weight is 232 g/mol. The lowest BCUT2D eigenvalue weighted by atomic mass is 10.0. The molecule has 0 bridgehead atoms. The number of aliphatic carboxylic acids is 1. The predicted molar refractivity (Wildman–Crippen MR) is 59.3 cm³/mol. The van der Waals surface area contributed by atoms with Gasteiger partial charge in [0.15, 0.2) is 0 Å². The number of carboxylic acids is 1. The van der Waals surface area contributed by atoms with E-state index < -0.39 is 17.9 Å². The number of carboxylic acid groups (broad SMARTS) is 1. The quantitative estimate of drug-likeness (QED) is 0.619. The van der Waals surface area contributed by atoms with Gasteiger partial charge in [0.2, 0.25) is 0 Å². The van der Waals surface area contributed by atoms with Gasteiger partial charge in [-0.2, -0.15) is 0 Å². The molecule has 0 aliphatic rings. The zero-order valence-electron chi connectivity index (χ0n) is 10.1. The highest BCUT2D eigenvalue weighted by Gasteiger charge is 2.21. The van der Waals surface area contributed by atoms with Gasteiger partial charge in [-0.15, -0.1) is 0 Å². The Morgan fingerprint density at radius 1 is 1.25 bits per heavy atom. The average Bonchev–Trinajstić information content (AvgIpc) is 2.16. The summed E-state index contributed by atoms with van der Waals surface area (Å²) in [5.74, 6) is -1.55. The standard InChI is InChI=1S/C10H20N2O4/c1-6(5-16-4)11-10(15)12-8(3)7(2)9(13)14/h6-8H,5H2,1-4H3,(H,13,14)(H2,11,12,15). The molecule has 0 aliphatic carbocycles. The molecule has 3 unspecified atom stereocenters. The largest absolute Gasteiger partial charge is 0.481 e. The highest BCUT2D eigenvalue weighted by molar-refractivity contribution is 5.76. The fourth-order valence-corrected chi connectivity index (χ4v) is 1.10. The molecule has 0 heterocycles. The summed E-state index contributed by atoms with van der Waals surface area (Å²) < 4.78 is 4.86. The molecule has 6 nitrogen and oxygen atoms in total. The molecule has 2 amide bonds. The minimum atomic E-state index is -0.933. The molecule has 0 aromatic carbocycles. The molecule has 94 valence electrons. The van der Waals surface area contributed by atoms with Gasteiger partial charge < -0.3 is 20.5 Å². The van der Waals surface area contributed by atoms with Crippen LogP contribution in [0.1, 0.15) is 20.8 Å². The van der Waals surface area contributed by atoms with E-state index in [1.807, 2.05) is 0 Å². The van der Waals surface area contributed by atoms with Crippen LogP contribution in [0.25, 0.3) is 0 Å². The molecular formula is C10H20N2O4. The van der Waals surface area contributed by atoms with Crippen LogP contribution in [-0.2, 0) is 9.53 Å². The maximum Gasteiger partial charge on any atom is 0.315 e. The summed E-state index contributed by atoms with van der Waals surface area (Å²) in [7, 11) is 1.55. The first-order chi connectivity index (χ1) is 7.38. The van der Waals surface area contributed by atoms with Crippen LogP contribution in [0.3, 0.4) is 0 Å². The molecule has 0 aromatic heterocycles. The highest BCUT2D eigenvalue weighted by atomic mass is 16.5. The van der Waals surface area contributed by atoms with Crippen LogP contribution in [0.15, 0.2) is 0 Å². The Morgan fingerprint density at radius 3 is 2.25 bits per heavy atom. The lowest BCUT2D eigenvalue weighted by Gasteiger charge is -2.20. The van der Waals surface area contributed by atoms with Gasteiger partial charge in [-0.3, -0.25) is 4.79 Å². The van der Waals surface area contributed by atoms with Crippen molar-refractivity contribution in [1.29, 1.82) is 0 Å². The van der Waals surface area contributed by atoms with Gasteiger partial charge in [0.1, 0.15) is 0 Å². The number of carbonyl (C=O) groups is 2. The Bertz CT molecular complexity index is 245. The molecule has 0 fully saturated rings. The van der Waals surface area contributed by atoms with E-state index >= 15 is 0 Å². The third-order valence-electron chi connectivity index (χ3n) is 2.29. The van der Waals surface area contributed by atoms with E-state index in [1.54, 1.807) is 27.9 Å². The summed E-state index contributed by atoms with van der Waals surface area (Å²) in [6, 6.07) is -0.922. The van der Waals surface area contributed by atoms with Crippen molar-refractivity contribution < 1.29 is 19.4 Å². The smallest absolute Gasteiger partial charge is 0.315 e. The number of carbonyl (C=O) groups excluding carboxylic acids is 1. The second kappa shape index (κ2) is 7.05. The van der Waals surface area contributed by atoms with Crippen molar-refractivity contribution in [3.05, 3.63) is 0 Å².